The Bertz CT molecular complexity index is 413. The van der Waals surface area contributed by atoms with Gasteiger partial charge in [-0.2, -0.15) is 0 Å². The van der Waals surface area contributed by atoms with Crippen LogP contribution in [0.5, 0.6) is 5.75 Å². The maximum atomic E-state index is 5.29. The van der Waals surface area contributed by atoms with Gasteiger partial charge in [-0.1, -0.05) is 0 Å². The summed E-state index contributed by atoms with van der Waals surface area (Å²) < 4.78 is 6.62. The third-order valence-corrected chi connectivity index (χ3v) is 3.75. The molecular formula is C11H11NOSe. The normalized spacial score (nSPS) is 10.4. The van der Waals surface area contributed by atoms with E-state index in [2.05, 4.69) is 22.9 Å². The third kappa shape index (κ3) is 1.49. The number of pyridine rings is 1. The predicted molar refractivity (Wildman–Crippen MR) is 59.5 cm³/mol. The van der Waals surface area contributed by atoms with E-state index in [-0.39, 0.29) is 0 Å². The molecule has 0 aliphatic heterocycles. The van der Waals surface area contributed by atoms with Crippen molar-refractivity contribution in [2.45, 2.75) is 5.82 Å². The van der Waals surface area contributed by atoms with Gasteiger partial charge in [-0.05, 0) is 0 Å². The molecule has 0 aliphatic rings. The molecular weight excluding hydrogens is 241 g/mol. The van der Waals surface area contributed by atoms with Crippen molar-refractivity contribution >= 4 is 30.3 Å². The molecule has 1 heterocycles. The summed E-state index contributed by atoms with van der Waals surface area (Å²) in [5.74, 6) is 3.10. The first-order valence-electron chi connectivity index (χ1n) is 4.32. The molecule has 0 unspecified atom stereocenters. The van der Waals surface area contributed by atoms with Crippen molar-refractivity contribution in [1.29, 1.82) is 0 Å². The second kappa shape index (κ2) is 3.99. The number of aromatic nitrogens is 1. The molecule has 0 amide bonds. The van der Waals surface area contributed by atoms with Crippen molar-refractivity contribution in [3.05, 3.63) is 30.5 Å². The molecule has 3 heteroatoms. The van der Waals surface area contributed by atoms with Gasteiger partial charge < -0.3 is 0 Å². The van der Waals surface area contributed by atoms with Crippen LogP contribution in [0, 0.1) is 0 Å². The summed E-state index contributed by atoms with van der Waals surface area (Å²) >= 11 is 0.471. The van der Waals surface area contributed by atoms with Gasteiger partial charge in [-0.3, -0.25) is 0 Å². The maximum absolute atomic E-state index is 5.29. The molecule has 72 valence electrons. The van der Waals surface area contributed by atoms with Crippen molar-refractivity contribution in [1.82, 2.24) is 4.98 Å². The molecule has 0 spiro atoms. The zero-order valence-electron chi connectivity index (χ0n) is 8.15. The summed E-state index contributed by atoms with van der Waals surface area (Å²) in [7, 11) is 1.69. The van der Waals surface area contributed by atoms with Gasteiger partial charge in [-0.25, -0.2) is 0 Å². The van der Waals surface area contributed by atoms with E-state index in [1.54, 1.807) is 7.11 Å². The molecule has 0 fully saturated rings. The Balaban J connectivity index is 2.78. The molecule has 1 aromatic carbocycles. The first kappa shape index (κ1) is 9.50. The second-order valence-electron chi connectivity index (χ2n) is 2.87. The van der Waals surface area contributed by atoms with Gasteiger partial charge in [0.2, 0.25) is 0 Å². The van der Waals surface area contributed by atoms with Gasteiger partial charge in [0.05, 0.1) is 0 Å². The quantitative estimate of drug-likeness (QED) is 0.758. The number of nitrogens with zero attached hydrogens (tertiary/aromatic N) is 1. The van der Waals surface area contributed by atoms with Crippen LogP contribution < -0.4 is 9.20 Å². The van der Waals surface area contributed by atoms with Crippen molar-refractivity contribution in [2.24, 2.45) is 0 Å². The molecule has 0 atom stereocenters. The van der Waals surface area contributed by atoms with Crippen LogP contribution in [0.15, 0.2) is 30.5 Å². The zero-order chi connectivity index (χ0) is 9.97. The topological polar surface area (TPSA) is 22.1 Å². The summed E-state index contributed by atoms with van der Waals surface area (Å²) in [5, 5.41) is 1.11. The predicted octanol–water partition coefficient (Wildman–Crippen LogP) is 1.62. The Morgan fingerprint density at radius 1 is 1.29 bits per heavy atom. The Kier molecular flexibility index (Phi) is 2.71. The van der Waals surface area contributed by atoms with Crippen LogP contribution in [0.1, 0.15) is 0 Å². The summed E-state index contributed by atoms with van der Waals surface area (Å²) in [5.41, 5.74) is 1.08. The minimum absolute atomic E-state index is 0.471. The van der Waals surface area contributed by atoms with E-state index >= 15 is 0 Å². The van der Waals surface area contributed by atoms with Crippen molar-refractivity contribution in [3.8, 4) is 5.75 Å². The van der Waals surface area contributed by atoms with E-state index in [0.717, 1.165) is 16.7 Å². The van der Waals surface area contributed by atoms with Crippen LogP contribution in [0.4, 0.5) is 0 Å². The number of rotatable bonds is 2. The van der Waals surface area contributed by atoms with E-state index in [1.807, 2.05) is 18.3 Å². The van der Waals surface area contributed by atoms with Gasteiger partial charge in [0.15, 0.2) is 0 Å². The molecule has 2 rings (SSSR count). The van der Waals surface area contributed by atoms with Crippen LogP contribution in [-0.4, -0.2) is 27.1 Å². The van der Waals surface area contributed by atoms with Crippen LogP contribution >= 0.6 is 0 Å². The standard InChI is InChI=1S/C11H11NOSe/c1-13-9-5-6-10(14-2)11-8(9)4-3-7-12-11/h3-7H,1-2H3. The molecule has 0 N–H and O–H groups in total. The first-order chi connectivity index (χ1) is 6.86. The Hall–Kier alpha value is -1.05. The fourth-order valence-electron chi connectivity index (χ4n) is 1.46. The van der Waals surface area contributed by atoms with E-state index in [4.69, 9.17) is 4.74 Å². The van der Waals surface area contributed by atoms with Crippen LogP contribution in [-0.2, 0) is 0 Å². The molecule has 0 aliphatic carbocycles. The molecule has 0 radical (unpaired) electrons. The molecule has 2 nitrogen and oxygen atoms in total. The van der Waals surface area contributed by atoms with Crippen molar-refractivity contribution in [2.75, 3.05) is 7.11 Å². The molecule has 14 heavy (non-hydrogen) atoms. The SMILES string of the molecule is COc1ccc([Se]C)c2ncccc12. The van der Waals surface area contributed by atoms with Crippen LogP contribution in [0.2, 0.25) is 5.82 Å². The number of benzene rings is 1. The third-order valence-electron chi connectivity index (χ3n) is 2.13. The number of hydrogen-bond acceptors (Lipinski definition) is 2. The molecule has 1 aromatic heterocycles. The zero-order valence-corrected chi connectivity index (χ0v) is 9.86. The van der Waals surface area contributed by atoms with Gasteiger partial charge in [0.1, 0.15) is 0 Å². The Morgan fingerprint density at radius 2 is 2.14 bits per heavy atom. The summed E-state index contributed by atoms with van der Waals surface area (Å²) in [4.78, 5) is 4.40. The molecule has 0 saturated heterocycles. The Labute approximate surface area is 89.5 Å². The Morgan fingerprint density at radius 3 is 2.86 bits per heavy atom. The number of ether oxygens (including phenoxy) is 1. The van der Waals surface area contributed by atoms with Crippen LogP contribution in [0.3, 0.4) is 0 Å². The van der Waals surface area contributed by atoms with Crippen molar-refractivity contribution < 1.29 is 4.74 Å². The number of methoxy groups -OCH3 is 1. The minimum atomic E-state index is 0.471. The van der Waals surface area contributed by atoms with Gasteiger partial charge >= 0.3 is 89.2 Å². The molecule has 0 saturated carbocycles. The van der Waals surface area contributed by atoms with Gasteiger partial charge in [0, 0.05) is 0 Å². The average molecular weight is 252 g/mol. The van der Waals surface area contributed by atoms with E-state index < -0.39 is 0 Å². The van der Waals surface area contributed by atoms with Crippen LogP contribution in [0.25, 0.3) is 10.9 Å². The number of hydrogen-bond donors (Lipinski definition) is 0. The van der Waals surface area contributed by atoms with Crippen molar-refractivity contribution in [3.63, 3.8) is 0 Å². The first-order valence-corrected chi connectivity index (χ1v) is 6.89. The van der Waals surface area contributed by atoms with Gasteiger partial charge in [-0.15, -0.1) is 0 Å². The summed E-state index contributed by atoms with van der Waals surface area (Å²) in [6.45, 7) is 0. The number of fused-ring (bicyclic) bond motifs is 1. The fraction of sp³-hybridized carbons (Fsp3) is 0.182. The molecule has 0 bridgehead atoms. The van der Waals surface area contributed by atoms with E-state index in [9.17, 15) is 0 Å². The monoisotopic (exact) mass is 253 g/mol. The average Bonchev–Trinajstić information content (AvgIpc) is 2.27. The summed E-state index contributed by atoms with van der Waals surface area (Å²) in [6.07, 6.45) is 1.83. The van der Waals surface area contributed by atoms with E-state index in [1.165, 1.54) is 4.46 Å². The van der Waals surface area contributed by atoms with E-state index in [0.29, 0.717) is 15.0 Å². The van der Waals surface area contributed by atoms with Gasteiger partial charge in [0.25, 0.3) is 0 Å². The summed E-state index contributed by atoms with van der Waals surface area (Å²) in [6, 6.07) is 8.12. The fourth-order valence-corrected chi connectivity index (χ4v) is 2.64. The second-order valence-corrected chi connectivity index (χ2v) is 4.65. The molecule has 2 aromatic rings.